The van der Waals surface area contributed by atoms with Crippen molar-refractivity contribution in [2.24, 2.45) is 23.7 Å². The predicted octanol–water partition coefficient (Wildman–Crippen LogP) is 4.73. The molecule has 35 heavy (non-hydrogen) atoms. The highest BCUT2D eigenvalue weighted by molar-refractivity contribution is 5.85. The van der Waals surface area contributed by atoms with Crippen molar-refractivity contribution in [3.8, 4) is 0 Å². The largest absolute Gasteiger partial charge is 0.469 e. The fraction of sp³-hybridized carbons (Fsp3) is 0.655. The van der Waals surface area contributed by atoms with Gasteiger partial charge in [-0.2, -0.15) is 0 Å². The molecule has 2 fully saturated rings. The Morgan fingerprint density at radius 3 is 2.66 bits per heavy atom. The van der Waals surface area contributed by atoms with E-state index in [1.54, 1.807) is 6.08 Å². The van der Waals surface area contributed by atoms with E-state index in [1.165, 1.54) is 18.3 Å². The number of hydrogen-bond donors (Lipinski definition) is 1. The Labute approximate surface area is 210 Å². The molecule has 3 aliphatic rings. The molecule has 9 atom stereocenters. The maximum Gasteiger partial charge on any atom is 0.308 e. The van der Waals surface area contributed by atoms with Crippen molar-refractivity contribution in [1.29, 1.82) is 0 Å². The molecule has 0 spiro atoms. The Morgan fingerprint density at radius 1 is 1.26 bits per heavy atom. The van der Waals surface area contributed by atoms with Gasteiger partial charge < -0.3 is 19.3 Å². The first-order valence-corrected chi connectivity index (χ1v) is 12.9. The molecule has 1 saturated carbocycles. The second-order valence-electron chi connectivity index (χ2n) is 10.4. The van der Waals surface area contributed by atoms with Crippen LogP contribution in [0.25, 0.3) is 0 Å². The number of carbonyl (C=O) groups is 2. The van der Waals surface area contributed by atoms with Gasteiger partial charge in [-0.15, -0.1) is 0 Å². The number of aliphatic hydroxyl groups excluding tert-OH is 1. The van der Waals surface area contributed by atoms with Crippen molar-refractivity contribution in [2.75, 3.05) is 7.11 Å². The Hall–Kier alpha value is -2.02. The van der Waals surface area contributed by atoms with E-state index in [0.717, 1.165) is 12.8 Å². The predicted molar refractivity (Wildman–Crippen MR) is 136 cm³/mol. The summed E-state index contributed by atoms with van der Waals surface area (Å²) >= 11 is 0. The molecule has 2 heterocycles. The second-order valence-corrected chi connectivity index (χ2v) is 10.4. The zero-order valence-corrected chi connectivity index (χ0v) is 22.0. The van der Waals surface area contributed by atoms with Gasteiger partial charge in [-0.1, -0.05) is 57.2 Å². The molecule has 1 N–H and O–H groups in total. The summed E-state index contributed by atoms with van der Waals surface area (Å²) in [5, 5.41) is 10.2. The van der Waals surface area contributed by atoms with E-state index in [9.17, 15) is 14.7 Å². The average molecular weight is 487 g/mol. The van der Waals surface area contributed by atoms with Crippen molar-refractivity contribution < 1.29 is 28.9 Å². The van der Waals surface area contributed by atoms with Crippen molar-refractivity contribution in [3.05, 3.63) is 47.6 Å². The molecule has 6 heteroatoms. The van der Waals surface area contributed by atoms with Gasteiger partial charge in [0.2, 0.25) is 0 Å². The van der Waals surface area contributed by atoms with Crippen LogP contribution >= 0.6 is 0 Å². The molecule has 0 aromatic carbocycles. The second kappa shape index (κ2) is 12.3. The van der Waals surface area contributed by atoms with Gasteiger partial charge in [0, 0.05) is 6.42 Å². The maximum atomic E-state index is 12.2. The third kappa shape index (κ3) is 7.25. The van der Waals surface area contributed by atoms with E-state index in [2.05, 4.69) is 63.7 Å². The first-order chi connectivity index (χ1) is 16.6. The summed E-state index contributed by atoms with van der Waals surface area (Å²) in [5.74, 6) is 0.841. The standard InChI is InChI=1S/C29H42O6/c1-7-25-18(3)9-12-26(35-25)19(4)14-17(2)8-10-22-20(5)23(22)11-13-27-29(32)24(30)15-21(34-27)16-28(31)33-6/h8-11,13-14,17,20-23,25-27,29,32H,7,12,15-16H2,1-6H3/b10-8+,13-11+,19-14+/t17-,20-,21+,22+,23+,25-,26-,27+,29-/m1/s1. The summed E-state index contributed by atoms with van der Waals surface area (Å²) in [6.45, 7) is 10.9. The fourth-order valence-corrected chi connectivity index (χ4v) is 5.16. The van der Waals surface area contributed by atoms with Crippen molar-refractivity contribution in [3.63, 3.8) is 0 Å². The van der Waals surface area contributed by atoms with Crippen molar-refractivity contribution in [1.82, 2.24) is 0 Å². The molecule has 6 nitrogen and oxygen atoms in total. The highest BCUT2D eigenvalue weighted by Crippen LogP contribution is 2.48. The first kappa shape index (κ1) is 27.6. The van der Waals surface area contributed by atoms with Crippen LogP contribution < -0.4 is 0 Å². The van der Waals surface area contributed by atoms with Crippen LogP contribution in [-0.4, -0.2) is 54.5 Å². The Bertz CT molecular complexity index is 882. The van der Waals surface area contributed by atoms with Crippen LogP contribution in [0.5, 0.6) is 0 Å². The zero-order valence-electron chi connectivity index (χ0n) is 22.0. The topological polar surface area (TPSA) is 82.1 Å². The summed E-state index contributed by atoms with van der Waals surface area (Å²) in [6.07, 6.45) is 12.8. The molecule has 0 bridgehead atoms. The summed E-state index contributed by atoms with van der Waals surface area (Å²) in [5.41, 5.74) is 2.61. The summed E-state index contributed by atoms with van der Waals surface area (Å²) in [7, 11) is 1.31. The third-order valence-corrected chi connectivity index (χ3v) is 7.61. The van der Waals surface area contributed by atoms with Crippen LogP contribution in [0.15, 0.2) is 47.6 Å². The van der Waals surface area contributed by atoms with Crippen LogP contribution in [0.3, 0.4) is 0 Å². The summed E-state index contributed by atoms with van der Waals surface area (Å²) in [6, 6.07) is 0. The third-order valence-electron chi connectivity index (χ3n) is 7.61. The number of carbonyl (C=O) groups excluding carboxylic acids is 2. The Morgan fingerprint density at radius 2 is 1.97 bits per heavy atom. The normalized spacial score (nSPS) is 36.9. The number of ketones is 1. The molecule has 0 amide bonds. The van der Waals surface area contributed by atoms with E-state index in [-0.39, 0.29) is 30.8 Å². The van der Waals surface area contributed by atoms with E-state index in [1.807, 2.05) is 6.08 Å². The van der Waals surface area contributed by atoms with Crippen molar-refractivity contribution >= 4 is 11.8 Å². The molecule has 1 saturated heterocycles. The first-order valence-electron chi connectivity index (χ1n) is 12.9. The molecular weight excluding hydrogens is 444 g/mol. The van der Waals surface area contributed by atoms with E-state index >= 15 is 0 Å². The van der Waals surface area contributed by atoms with Gasteiger partial charge in [0.05, 0.1) is 31.8 Å². The van der Waals surface area contributed by atoms with Crippen LogP contribution in [-0.2, 0) is 23.8 Å². The molecular formula is C29H42O6. The molecule has 2 aliphatic heterocycles. The number of Topliss-reactive ketones (excluding diaryl/α,β-unsaturated/α-hetero) is 1. The molecule has 0 aromatic heterocycles. The number of ether oxygens (including phenoxy) is 3. The quantitative estimate of drug-likeness (QED) is 0.375. The number of hydrogen-bond acceptors (Lipinski definition) is 6. The minimum absolute atomic E-state index is 0.0101. The fourth-order valence-electron chi connectivity index (χ4n) is 5.16. The number of rotatable bonds is 9. The van der Waals surface area contributed by atoms with Gasteiger partial charge in [0.25, 0.3) is 0 Å². The molecule has 0 radical (unpaired) electrons. The van der Waals surface area contributed by atoms with Gasteiger partial charge >= 0.3 is 5.97 Å². The molecule has 3 rings (SSSR count). The van der Waals surface area contributed by atoms with Crippen LogP contribution in [0.1, 0.15) is 60.3 Å². The van der Waals surface area contributed by atoms with Gasteiger partial charge in [0.1, 0.15) is 12.2 Å². The van der Waals surface area contributed by atoms with Gasteiger partial charge in [-0.3, -0.25) is 9.59 Å². The monoisotopic (exact) mass is 486 g/mol. The molecule has 1 aliphatic carbocycles. The maximum absolute atomic E-state index is 12.2. The molecule has 0 unspecified atom stereocenters. The van der Waals surface area contributed by atoms with Crippen LogP contribution in [0.2, 0.25) is 0 Å². The van der Waals surface area contributed by atoms with Gasteiger partial charge in [0.15, 0.2) is 5.78 Å². The minimum Gasteiger partial charge on any atom is -0.469 e. The molecule has 194 valence electrons. The lowest BCUT2D eigenvalue weighted by atomic mass is 9.96. The zero-order chi connectivity index (χ0) is 25.7. The van der Waals surface area contributed by atoms with Crippen molar-refractivity contribution in [2.45, 2.75) is 90.8 Å². The highest BCUT2D eigenvalue weighted by Gasteiger charge is 2.43. The number of allylic oxidation sites excluding steroid dienone is 4. The lowest BCUT2D eigenvalue weighted by molar-refractivity contribution is -0.158. The summed E-state index contributed by atoms with van der Waals surface area (Å²) in [4.78, 5) is 23.7. The van der Waals surface area contributed by atoms with E-state index in [0.29, 0.717) is 23.7 Å². The minimum atomic E-state index is -1.19. The van der Waals surface area contributed by atoms with Gasteiger partial charge in [-0.05, 0) is 61.5 Å². The average Bonchev–Trinajstić information content (AvgIpc) is 3.46. The van der Waals surface area contributed by atoms with Crippen LogP contribution in [0, 0.1) is 23.7 Å². The van der Waals surface area contributed by atoms with E-state index in [4.69, 9.17) is 9.47 Å². The van der Waals surface area contributed by atoms with Crippen LogP contribution in [0.4, 0.5) is 0 Å². The summed E-state index contributed by atoms with van der Waals surface area (Å²) < 4.78 is 16.8. The molecule has 0 aromatic rings. The smallest absolute Gasteiger partial charge is 0.308 e. The SMILES string of the molecule is CC[C@H]1O[C@@H](/C(C)=C/[C@H](C)/C=C/[C@H]2[C@@H](C)[C@@H]2/C=C/[C@@H]2O[C@H](CC(=O)OC)CC(=O)[C@H]2O)CC=C1C. The number of esters is 1. The van der Waals surface area contributed by atoms with Gasteiger partial charge in [-0.25, -0.2) is 0 Å². The Kier molecular flexibility index (Phi) is 9.68. The Balaban J connectivity index is 1.53. The lowest BCUT2D eigenvalue weighted by Gasteiger charge is -2.30. The highest BCUT2D eigenvalue weighted by atomic mass is 16.5. The number of methoxy groups -OCH3 is 1. The lowest BCUT2D eigenvalue weighted by Crippen LogP contribution is -2.45. The number of aliphatic hydroxyl groups is 1. The van der Waals surface area contributed by atoms with E-state index < -0.39 is 24.3 Å².